The molecule has 2 rings (SSSR count). The Bertz CT molecular complexity index is 434. The average Bonchev–Trinajstić information content (AvgIpc) is 2.92. The van der Waals surface area contributed by atoms with Crippen molar-refractivity contribution in [2.24, 2.45) is 5.92 Å². The lowest BCUT2D eigenvalue weighted by Gasteiger charge is -2.22. The molecule has 0 spiro atoms. The second-order valence-corrected chi connectivity index (χ2v) is 5.51. The van der Waals surface area contributed by atoms with E-state index in [0.717, 1.165) is 36.6 Å². The van der Waals surface area contributed by atoms with Gasteiger partial charge in [-0.05, 0) is 18.6 Å². The molecule has 0 radical (unpaired) electrons. The van der Waals surface area contributed by atoms with E-state index in [0.29, 0.717) is 12.0 Å². The lowest BCUT2D eigenvalue weighted by molar-refractivity contribution is 0.0877. The van der Waals surface area contributed by atoms with Crippen molar-refractivity contribution in [1.82, 2.24) is 5.32 Å². The molecule has 4 nitrogen and oxygen atoms in total. The molecule has 112 valence electrons. The second kappa shape index (κ2) is 6.95. The number of hydrogen-bond acceptors (Lipinski definition) is 4. The predicted octanol–water partition coefficient (Wildman–Crippen LogP) is 2.78. The third-order valence-electron chi connectivity index (χ3n) is 3.75. The van der Waals surface area contributed by atoms with Gasteiger partial charge in [0.15, 0.2) is 0 Å². The molecule has 20 heavy (non-hydrogen) atoms. The Balaban J connectivity index is 2.16. The fourth-order valence-corrected chi connectivity index (χ4v) is 2.63. The first-order valence-corrected chi connectivity index (χ1v) is 7.22. The number of ether oxygens (including phenoxy) is 3. The van der Waals surface area contributed by atoms with Gasteiger partial charge in [0.2, 0.25) is 0 Å². The van der Waals surface area contributed by atoms with E-state index in [2.05, 4.69) is 25.2 Å². The Kier molecular flexibility index (Phi) is 5.26. The monoisotopic (exact) mass is 279 g/mol. The Hall–Kier alpha value is -1.26. The molecule has 1 fully saturated rings. The van der Waals surface area contributed by atoms with Crippen LogP contribution in [0.4, 0.5) is 0 Å². The summed E-state index contributed by atoms with van der Waals surface area (Å²) in [6, 6.07) is 6.43. The van der Waals surface area contributed by atoms with Crippen molar-refractivity contribution in [3.8, 4) is 11.5 Å². The maximum Gasteiger partial charge on any atom is 0.128 e. The Morgan fingerprint density at radius 2 is 2.10 bits per heavy atom. The standard InChI is InChI=1S/C16H25NO3/c1-11(2)17-10-12-7-8-20-16(12)14-6-5-13(18-3)9-15(14)19-4/h5-6,9,11-12,16-17H,7-8,10H2,1-4H3. The first kappa shape index (κ1) is 15.1. The van der Waals surface area contributed by atoms with E-state index < -0.39 is 0 Å². The first-order valence-electron chi connectivity index (χ1n) is 7.22. The van der Waals surface area contributed by atoms with Crippen LogP contribution < -0.4 is 14.8 Å². The zero-order valence-electron chi connectivity index (χ0n) is 12.8. The van der Waals surface area contributed by atoms with E-state index >= 15 is 0 Å². The van der Waals surface area contributed by atoms with Gasteiger partial charge >= 0.3 is 0 Å². The van der Waals surface area contributed by atoms with Gasteiger partial charge in [-0.2, -0.15) is 0 Å². The summed E-state index contributed by atoms with van der Waals surface area (Å²) in [5.74, 6) is 2.13. The molecule has 1 aliphatic heterocycles. The number of rotatable bonds is 6. The molecular formula is C16H25NO3. The largest absolute Gasteiger partial charge is 0.497 e. The zero-order chi connectivity index (χ0) is 14.5. The summed E-state index contributed by atoms with van der Waals surface area (Å²) >= 11 is 0. The van der Waals surface area contributed by atoms with Gasteiger partial charge in [0.05, 0.1) is 20.3 Å². The summed E-state index contributed by atoms with van der Waals surface area (Å²) in [4.78, 5) is 0. The van der Waals surface area contributed by atoms with Gasteiger partial charge in [-0.15, -0.1) is 0 Å². The van der Waals surface area contributed by atoms with Crippen LogP contribution in [-0.4, -0.2) is 33.4 Å². The van der Waals surface area contributed by atoms with E-state index in [-0.39, 0.29) is 6.10 Å². The average molecular weight is 279 g/mol. The van der Waals surface area contributed by atoms with E-state index in [4.69, 9.17) is 14.2 Å². The van der Waals surface area contributed by atoms with Crippen molar-refractivity contribution in [2.45, 2.75) is 32.4 Å². The number of nitrogens with one attached hydrogen (secondary N) is 1. The van der Waals surface area contributed by atoms with Crippen LogP contribution >= 0.6 is 0 Å². The smallest absolute Gasteiger partial charge is 0.128 e. The molecule has 0 saturated carbocycles. The van der Waals surface area contributed by atoms with Crippen molar-refractivity contribution < 1.29 is 14.2 Å². The van der Waals surface area contributed by atoms with Crippen molar-refractivity contribution >= 4 is 0 Å². The lowest BCUT2D eigenvalue weighted by Crippen LogP contribution is -2.30. The van der Waals surface area contributed by atoms with Crippen molar-refractivity contribution in [3.05, 3.63) is 23.8 Å². The molecule has 1 heterocycles. The molecule has 1 aromatic carbocycles. The number of benzene rings is 1. The fraction of sp³-hybridized carbons (Fsp3) is 0.625. The van der Waals surface area contributed by atoms with Gasteiger partial charge in [-0.25, -0.2) is 0 Å². The fourth-order valence-electron chi connectivity index (χ4n) is 2.63. The highest BCUT2D eigenvalue weighted by molar-refractivity contribution is 5.42. The highest BCUT2D eigenvalue weighted by Crippen LogP contribution is 2.40. The van der Waals surface area contributed by atoms with Crippen LogP contribution in [0.1, 0.15) is 31.9 Å². The van der Waals surface area contributed by atoms with Crippen LogP contribution in [0, 0.1) is 5.92 Å². The van der Waals surface area contributed by atoms with E-state index in [1.54, 1.807) is 14.2 Å². The minimum Gasteiger partial charge on any atom is -0.497 e. The zero-order valence-corrected chi connectivity index (χ0v) is 12.8. The molecule has 1 N–H and O–H groups in total. The topological polar surface area (TPSA) is 39.7 Å². The van der Waals surface area contributed by atoms with E-state index in [1.807, 2.05) is 12.1 Å². The SMILES string of the molecule is COc1ccc(C2OCCC2CNC(C)C)c(OC)c1. The van der Waals surface area contributed by atoms with Crippen molar-refractivity contribution in [3.63, 3.8) is 0 Å². The highest BCUT2D eigenvalue weighted by atomic mass is 16.5. The minimum absolute atomic E-state index is 0.0992. The third kappa shape index (κ3) is 3.44. The van der Waals surface area contributed by atoms with Crippen LogP contribution in [0.5, 0.6) is 11.5 Å². The van der Waals surface area contributed by atoms with Crippen LogP contribution in [0.25, 0.3) is 0 Å². The molecule has 0 aromatic heterocycles. The molecule has 1 saturated heterocycles. The van der Waals surface area contributed by atoms with Crippen LogP contribution in [0.15, 0.2) is 18.2 Å². The highest BCUT2D eigenvalue weighted by Gasteiger charge is 2.31. The second-order valence-electron chi connectivity index (χ2n) is 5.51. The van der Waals surface area contributed by atoms with Gasteiger partial charge < -0.3 is 19.5 Å². The molecule has 0 amide bonds. The third-order valence-corrected chi connectivity index (χ3v) is 3.75. The van der Waals surface area contributed by atoms with Crippen LogP contribution in [0.2, 0.25) is 0 Å². The van der Waals surface area contributed by atoms with Gasteiger partial charge in [-0.1, -0.05) is 13.8 Å². The summed E-state index contributed by atoms with van der Waals surface area (Å²) in [5, 5.41) is 3.50. The summed E-state index contributed by atoms with van der Waals surface area (Å²) in [7, 11) is 3.35. The molecule has 2 unspecified atom stereocenters. The molecule has 1 aromatic rings. The van der Waals surface area contributed by atoms with Crippen molar-refractivity contribution in [2.75, 3.05) is 27.4 Å². The first-order chi connectivity index (χ1) is 9.65. The lowest BCUT2D eigenvalue weighted by atomic mass is 9.94. The summed E-state index contributed by atoms with van der Waals surface area (Å²) < 4.78 is 16.7. The molecule has 2 atom stereocenters. The molecule has 1 aliphatic rings. The maximum absolute atomic E-state index is 5.94. The molecule has 0 aliphatic carbocycles. The Morgan fingerprint density at radius 1 is 1.30 bits per heavy atom. The predicted molar refractivity (Wildman–Crippen MR) is 79.5 cm³/mol. The normalized spacial score (nSPS) is 22.2. The number of hydrogen-bond donors (Lipinski definition) is 1. The maximum atomic E-state index is 5.94. The summed E-state index contributed by atoms with van der Waals surface area (Å²) in [6.45, 7) is 6.11. The Labute approximate surface area is 121 Å². The minimum atomic E-state index is 0.0992. The number of methoxy groups -OCH3 is 2. The summed E-state index contributed by atoms with van der Waals surface area (Å²) in [6.07, 6.45) is 1.18. The Morgan fingerprint density at radius 3 is 2.75 bits per heavy atom. The van der Waals surface area contributed by atoms with Crippen molar-refractivity contribution in [1.29, 1.82) is 0 Å². The van der Waals surface area contributed by atoms with Crippen LogP contribution in [0.3, 0.4) is 0 Å². The molecule has 0 bridgehead atoms. The van der Waals surface area contributed by atoms with Crippen LogP contribution in [-0.2, 0) is 4.74 Å². The van der Waals surface area contributed by atoms with E-state index in [9.17, 15) is 0 Å². The van der Waals surface area contributed by atoms with E-state index in [1.165, 1.54) is 0 Å². The van der Waals surface area contributed by atoms with Gasteiger partial charge in [0.25, 0.3) is 0 Å². The summed E-state index contributed by atoms with van der Waals surface area (Å²) in [5.41, 5.74) is 1.11. The van der Waals surface area contributed by atoms with Gasteiger partial charge in [0, 0.05) is 36.7 Å². The molecule has 4 heteroatoms. The van der Waals surface area contributed by atoms with Gasteiger partial charge in [0.1, 0.15) is 11.5 Å². The van der Waals surface area contributed by atoms with Gasteiger partial charge in [-0.3, -0.25) is 0 Å². The quantitative estimate of drug-likeness (QED) is 0.869. The molecular weight excluding hydrogens is 254 g/mol.